The molecule has 0 fully saturated rings. The maximum absolute atomic E-state index is 10.8. The molecule has 1 aromatic carbocycles. The number of hydrogen-bond donors (Lipinski definition) is 3. The van der Waals surface area contributed by atoms with Gasteiger partial charge in [-0.3, -0.25) is 4.79 Å². The molecule has 0 aliphatic rings. The van der Waals surface area contributed by atoms with Gasteiger partial charge in [0.2, 0.25) is 0 Å². The minimum atomic E-state index is -0.549. The highest BCUT2D eigenvalue weighted by molar-refractivity contribution is 9.10. The molecule has 1 aromatic rings. The number of aliphatic hydroxyl groups excluding tert-OH is 1. The molecule has 0 heterocycles. The van der Waals surface area contributed by atoms with Crippen molar-refractivity contribution >= 4 is 21.8 Å². The highest BCUT2D eigenvalue weighted by Gasteiger charge is 2.13. The van der Waals surface area contributed by atoms with E-state index in [1.54, 1.807) is 6.92 Å². The first kappa shape index (κ1) is 17.7. The predicted octanol–water partition coefficient (Wildman–Crippen LogP) is 1.18. The second-order valence-electron chi connectivity index (χ2n) is 4.57. The maximum Gasteiger partial charge on any atom is 0.255 e. The number of ether oxygens (including phenoxy) is 2. The van der Waals surface area contributed by atoms with Crippen molar-refractivity contribution in [3.63, 3.8) is 0 Å². The SMILES string of the molecule is CCOc1cc(CNC[C@H](C)O)cc(Br)c1OCC(N)=O. The fraction of sp³-hybridized carbons (Fsp3) is 0.500. The van der Waals surface area contributed by atoms with Gasteiger partial charge in [-0.15, -0.1) is 0 Å². The zero-order valence-electron chi connectivity index (χ0n) is 12.2. The van der Waals surface area contributed by atoms with Crippen molar-refractivity contribution in [2.75, 3.05) is 19.8 Å². The number of carbonyl (C=O) groups excluding carboxylic acids is 1. The number of rotatable bonds is 9. The van der Waals surface area contributed by atoms with Crippen LogP contribution in [0.15, 0.2) is 16.6 Å². The fourth-order valence-electron chi connectivity index (χ4n) is 1.70. The van der Waals surface area contributed by atoms with Crippen LogP contribution in [0.2, 0.25) is 0 Å². The minimum Gasteiger partial charge on any atom is -0.490 e. The van der Waals surface area contributed by atoms with Gasteiger partial charge >= 0.3 is 0 Å². The largest absolute Gasteiger partial charge is 0.490 e. The van der Waals surface area contributed by atoms with Crippen molar-refractivity contribution in [2.45, 2.75) is 26.5 Å². The standard InChI is InChI=1S/C14H21BrN2O4/c1-3-20-12-5-10(7-17-6-9(2)18)4-11(15)14(12)21-8-13(16)19/h4-5,9,17-18H,3,6-8H2,1-2H3,(H2,16,19)/t9-/m0/s1. The van der Waals surface area contributed by atoms with Crippen molar-refractivity contribution in [3.8, 4) is 11.5 Å². The molecular formula is C14H21BrN2O4. The van der Waals surface area contributed by atoms with Crippen LogP contribution in [0, 0.1) is 0 Å². The summed E-state index contributed by atoms with van der Waals surface area (Å²) in [5, 5.41) is 12.4. The maximum atomic E-state index is 10.8. The van der Waals surface area contributed by atoms with Gasteiger partial charge < -0.3 is 25.6 Å². The number of primary amides is 1. The van der Waals surface area contributed by atoms with Crippen LogP contribution in [0.3, 0.4) is 0 Å². The number of carbonyl (C=O) groups is 1. The molecule has 1 atom stereocenters. The first-order valence-electron chi connectivity index (χ1n) is 6.69. The Morgan fingerprint density at radius 1 is 1.48 bits per heavy atom. The molecule has 21 heavy (non-hydrogen) atoms. The van der Waals surface area contributed by atoms with Crippen LogP contribution in [0.4, 0.5) is 0 Å². The van der Waals surface area contributed by atoms with Crippen molar-refractivity contribution < 1.29 is 19.4 Å². The van der Waals surface area contributed by atoms with Crippen LogP contribution in [0.1, 0.15) is 19.4 Å². The van der Waals surface area contributed by atoms with Crippen LogP contribution in [0.5, 0.6) is 11.5 Å². The second kappa shape index (κ2) is 8.86. The minimum absolute atomic E-state index is 0.210. The lowest BCUT2D eigenvalue weighted by Crippen LogP contribution is -2.24. The van der Waals surface area contributed by atoms with Gasteiger partial charge in [0.25, 0.3) is 5.91 Å². The molecule has 7 heteroatoms. The molecule has 0 saturated heterocycles. The average Bonchev–Trinajstić information content (AvgIpc) is 2.37. The Balaban J connectivity index is 2.86. The number of hydrogen-bond acceptors (Lipinski definition) is 5. The summed E-state index contributed by atoms with van der Waals surface area (Å²) in [7, 11) is 0. The van der Waals surface area contributed by atoms with E-state index in [0.29, 0.717) is 35.7 Å². The third-order valence-electron chi connectivity index (χ3n) is 2.50. The Morgan fingerprint density at radius 3 is 2.76 bits per heavy atom. The molecule has 0 unspecified atom stereocenters. The van der Waals surface area contributed by atoms with E-state index in [9.17, 15) is 9.90 Å². The summed E-state index contributed by atoms with van der Waals surface area (Å²) in [4.78, 5) is 10.8. The average molecular weight is 361 g/mol. The van der Waals surface area contributed by atoms with E-state index in [4.69, 9.17) is 15.2 Å². The van der Waals surface area contributed by atoms with Gasteiger partial charge in [0.1, 0.15) is 0 Å². The molecule has 1 amide bonds. The second-order valence-corrected chi connectivity index (χ2v) is 5.43. The molecule has 118 valence electrons. The van der Waals surface area contributed by atoms with Crippen molar-refractivity contribution in [2.24, 2.45) is 5.73 Å². The summed E-state index contributed by atoms with van der Waals surface area (Å²) in [6, 6.07) is 3.70. The number of halogens is 1. The van der Waals surface area contributed by atoms with E-state index in [1.165, 1.54) is 0 Å². The quantitative estimate of drug-likeness (QED) is 0.614. The summed E-state index contributed by atoms with van der Waals surface area (Å²) in [6.45, 7) is 4.93. The van der Waals surface area contributed by atoms with Crippen molar-refractivity contribution in [3.05, 3.63) is 22.2 Å². The number of benzene rings is 1. The molecule has 0 aromatic heterocycles. The molecule has 0 saturated carbocycles. The number of amides is 1. The van der Waals surface area contributed by atoms with E-state index in [-0.39, 0.29) is 6.61 Å². The van der Waals surface area contributed by atoms with E-state index in [2.05, 4.69) is 21.2 Å². The Hall–Kier alpha value is -1.31. The molecule has 0 aliphatic heterocycles. The smallest absolute Gasteiger partial charge is 0.255 e. The zero-order chi connectivity index (χ0) is 15.8. The number of aliphatic hydroxyl groups is 1. The molecule has 6 nitrogen and oxygen atoms in total. The van der Waals surface area contributed by atoms with E-state index < -0.39 is 12.0 Å². The fourth-order valence-corrected chi connectivity index (χ4v) is 2.30. The lowest BCUT2D eigenvalue weighted by Gasteiger charge is -2.15. The van der Waals surface area contributed by atoms with Crippen molar-refractivity contribution in [1.29, 1.82) is 0 Å². The summed E-state index contributed by atoms with van der Waals surface area (Å²) in [5.41, 5.74) is 6.05. The van der Waals surface area contributed by atoms with Crippen LogP contribution < -0.4 is 20.5 Å². The van der Waals surface area contributed by atoms with Crippen molar-refractivity contribution in [1.82, 2.24) is 5.32 Å². The molecule has 4 N–H and O–H groups in total. The molecule has 0 aliphatic carbocycles. The monoisotopic (exact) mass is 360 g/mol. The van der Waals surface area contributed by atoms with Gasteiger partial charge in [0.15, 0.2) is 18.1 Å². The van der Waals surface area contributed by atoms with Crippen LogP contribution in [-0.4, -0.2) is 36.9 Å². The topological polar surface area (TPSA) is 93.8 Å². The van der Waals surface area contributed by atoms with Gasteiger partial charge in [0, 0.05) is 13.1 Å². The van der Waals surface area contributed by atoms with E-state index in [1.807, 2.05) is 19.1 Å². The number of nitrogens with two attached hydrogens (primary N) is 1. The normalized spacial score (nSPS) is 12.0. The Kier molecular flexibility index (Phi) is 7.49. The first-order chi connectivity index (χ1) is 9.93. The third kappa shape index (κ3) is 6.33. The lowest BCUT2D eigenvalue weighted by molar-refractivity contribution is -0.119. The van der Waals surface area contributed by atoms with Gasteiger partial charge in [-0.1, -0.05) is 0 Å². The van der Waals surface area contributed by atoms with Gasteiger partial charge in [-0.2, -0.15) is 0 Å². The molecular weight excluding hydrogens is 340 g/mol. The Bertz CT molecular complexity index is 480. The number of nitrogens with one attached hydrogen (secondary N) is 1. The van der Waals surface area contributed by atoms with E-state index >= 15 is 0 Å². The highest BCUT2D eigenvalue weighted by atomic mass is 79.9. The van der Waals surface area contributed by atoms with Gasteiger partial charge in [0.05, 0.1) is 17.2 Å². The van der Waals surface area contributed by atoms with Crippen LogP contribution >= 0.6 is 15.9 Å². The summed E-state index contributed by atoms with van der Waals surface area (Å²) < 4.78 is 11.6. The molecule has 1 rings (SSSR count). The Morgan fingerprint density at radius 2 is 2.19 bits per heavy atom. The zero-order valence-corrected chi connectivity index (χ0v) is 13.8. The highest BCUT2D eigenvalue weighted by Crippen LogP contribution is 2.36. The summed E-state index contributed by atoms with van der Waals surface area (Å²) >= 11 is 3.40. The third-order valence-corrected chi connectivity index (χ3v) is 3.09. The summed E-state index contributed by atoms with van der Waals surface area (Å²) in [6.07, 6.45) is -0.405. The molecule has 0 radical (unpaired) electrons. The van der Waals surface area contributed by atoms with Crippen LogP contribution in [0.25, 0.3) is 0 Å². The lowest BCUT2D eigenvalue weighted by atomic mass is 10.2. The predicted molar refractivity (Wildman–Crippen MR) is 83.4 cm³/mol. The van der Waals surface area contributed by atoms with Crippen LogP contribution in [-0.2, 0) is 11.3 Å². The van der Waals surface area contributed by atoms with Gasteiger partial charge in [-0.25, -0.2) is 0 Å². The molecule has 0 bridgehead atoms. The Labute approximate surface area is 132 Å². The summed E-state index contributed by atoms with van der Waals surface area (Å²) in [5.74, 6) is 0.448. The first-order valence-corrected chi connectivity index (χ1v) is 7.48. The van der Waals surface area contributed by atoms with Gasteiger partial charge in [-0.05, 0) is 47.5 Å². The molecule has 0 spiro atoms. The van der Waals surface area contributed by atoms with E-state index in [0.717, 1.165) is 5.56 Å².